The van der Waals surface area contributed by atoms with Crippen LogP contribution in [-0.2, 0) is 16.0 Å². The van der Waals surface area contributed by atoms with Crippen LogP contribution in [-0.4, -0.2) is 29.7 Å². The van der Waals surface area contributed by atoms with Crippen LogP contribution in [0.2, 0.25) is 0 Å². The Labute approximate surface area is 101 Å². The first-order valence-electron chi connectivity index (χ1n) is 5.90. The highest BCUT2D eigenvalue weighted by molar-refractivity contribution is 6.01. The summed E-state index contributed by atoms with van der Waals surface area (Å²) in [5.74, 6) is -0.468. The molecule has 1 aliphatic rings. The van der Waals surface area contributed by atoms with Gasteiger partial charge >= 0.3 is 0 Å². The summed E-state index contributed by atoms with van der Waals surface area (Å²) >= 11 is 0. The number of rotatable bonds is 3. The highest BCUT2D eigenvalue weighted by atomic mass is 16.2. The molecule has 1 aromatic carbocycles. The van der Waals surface area contributed by atoms with E-state index in [1.807, 2.05) is 18.2 Å². The van der Waals surface area contributed by atoms with Gasteiger partial charge in [0.05, 0.1) is 5.92 Å². The lowest BCUT2D eigenvalue weighted by atomic mass is 9.97. The lowest BCUT2D eigenvalue weighted by molar-refractivity contribution is -0.135. The summed E-state index contributed by atoms with van der Waals surface area (Å²) in [4.78, 5) is 24.9. The Kier molecular flexibility index (Phi) is 3.27. The topological polar surface area (TPSA) is 37.4 Å². The minimum atomic E-state index is -0.422. The van der Waals surface area contributed by atoms with Crippen LogP contribution in [0.4, 0.5) is 0 Å². The molecule has 0 aromatic heterocycles. The van der Waals surface area contributed by atoms with Crippen molar-refractivity contribution in [2.24, 2.45) is 5.92 Å². The molecule has 0 bridgehead atoms. The summed E-state index contributed by atoms with van der Waals surface area (Å²) in [5, 5.41) is 0. The Morgan fingerprint density at radius 3 is 2.53 bits per heavy atom. The molecule has 0 aliphatic carbocycles. The van der Waals surface area contributed by atoms with Gasteiger partial charge in [0.15, 0.2) is 0 Å². The molecule has 0 saturated carbocycles. The summed E-state index contributed by atoms with van der Waals surface area (Å²) < 4.78 is 0. The molecule has 1 aromatic rings. The molecule has 17 heavy (non-hydrogen) atoms. The highest BCUT2D eigenvalue weighted by Gasteiger charge is 2.39. The van der Waals surface area contributed by atoms with Crippen LogP contribution in [0.1, 0.15) is 18.9 Å². The molecule has 0 N–H and O–H groups in total. The van der Waals surface area contributed by atoms with Crippen LogP contribution in [0.3, 0.4) is 0 Å². The van der Waals surface area contributed by atoms with Gasteiger partial charge in [-0.15, -0.1) is 0 Å². The Morgan fingerprint density at radius 1 is 1.35 bits per heavy atom. The van der Waals surface area contributed by atoms with Crippen molar-refractivity contribution in [3.63, 3.8) is 0 Å². The third kappa shape index (κ3) is 2.38. The van der Waals surface area contributed by atoms with E-state index in [1.165, 1.54) is 12.5 Å². The third-order valence-corrected chi connectivity index (χ3v) is 3.51. The van der Waals surface area contributed by atoms with E-state index in [2.05, 4.69) is 12.1 Å². The Bertz CT molecular complexity index is 427. The monoisotopic (exact) mass is 231 g/mol. The average Bonchev–Trinajstić information content (AvgIpc) is 2.59. The lowest BCUT2D eigenvalue weighted by Gasteiger charge is -2.19. The molecule has 0 radical (unpaired) electrons. The normalized spacial score (nSPS) is 24.1. The standard InChI is InChI=1S/C14H17NO2/c1-10(16)13-9-12(15(2)14(13)17)8-11-6-4-3-5-7-11/h3-7,12-13H,8-9H2,1-2H3/t12-,13?/m0/s1. The molecule has 1 heterocycles. The summed E-state index contributed by atoms with van der Waals surface area (Å²) in [6, 6.07) is 10.2. The zero-order chi connectivity index (χ0) is 12.4. The highest BCUT2D eigenvalue weighted by Crippen LogP contribution is 2.26. The van der Waals surface area contributed by atoms with E-state index in [4.69, 9.17) is 0 Å². The number of hydrogen-bond acceptors (Lipinski definition) is 2. The zero-order valence-electron chi connectivity index (χ0n) is 10.2. The number of carbonyl (C=O) groups is 2. The van der Waals surface area contributed by atoms with Crippen LogP contribution in [0.5, 0.6) is 0 Å². The van der Waals surface area contributed by atoms with Gasteiger partial charge in [-0.25, -0.2) is 0 Å². The van der Waals surface area contributed by atoms with E-state index in [0.29, 0.717) is 6.42 Å². The largest absolute Gasteiger partial charge is 0.342 e. The molecule has 1 fully saturated rings. The van der Waals surface area contributed by atoms with Crippen molar-refractivity contribution in [2.45, 2.75) is 25.8 Å². The second kappa shape index (κ2) is 4.70. The molecule has 2 rings (SSSR count). The first-order valence-corrected chi connectivity index (χ1v) is 5.90. The van der Waals surface area contributed by atoms with Crippen LogP contribution in [0.15, 0.2) is 30.3 Å². The van der Waals surface area contributed by atoms with Crippen molar-refractivity contribution in [1.82, 2.24) is 4.90 Å². The third-order valence-electron chi connectivity index (χ3n) is 3.51. The molecule has 2 atom stereocenters. The molecule has 1 amide bonds. The fourth-order valence-electron chi connectivity index (χ4n) is 2.40. The van der Waals surface area contributed by atoms with Crippen LogP contribution < -0.4 is 0 Å². The number of Topliss-reactive ketones (excluding diaryl/α,β-unsaturated/α-hetero) is 1. The van der Waals surface area contributed by atoms with Gasteiger partial charge in [0, 0.05) is 13.1 Å². The van der Waals surface area contributed by atoms with Gasteiger partial charge in [-0.1, -0.05) is 30.3 Å². The SMILES string of the molecule is CC(=O)C1C[C@H](Cc2ccccc2)N(C)C1=O. The first kappa shape index (κ1) is 11.8. The number of likely N-dealkylation sites (N-methyl/N-ethyl adjacent to an activating group) is 1. The molecule has 3 nitrogen and oxygen atoms in total. The van der Waals surface area contributed by atoms with Crippen molar-refractivity contribution in [3.8, 4) is 0 Å². The fourth-order valence-corrected chi connectivity index (χ4v) is 2.40. The van der Waals surface area contributed by atoms with Crippen LogP contribution in [0.25, 0.3) is 0 Å². The zero-order valence-corrected chi connectivity index (χ0v) is 10.2. The van der Waals surface area contributed by atoms with Crippen molar-refractivity contribution in [2.75, 3.05) is 7.05 Å². The molecule has 90 valence electrons. The van der Waals surface area contributed by atoms with Gasteiger partial charge < -0.3 is 4.90 Å². The van der Waals surface area contributed by atoms with E-state index >= 15 is 0 Å². The quantitative estimate of drug-likeness (QED) is 0.742. The second-order valence-corrected chi connectivity index (χ2v) is 4.69. The van der Waals surface area contributed by atoms with Gasteiger partial charge in [-0.2, -0.15) is 0 Å². The second-order valence-electron chi connectivity index (χ2n) is 4.69. The Balaban J connectivity index is 2.09. The van der Waals surface area contributed by atoms with Gasteiger partial charge in [0.25, 0.3) is 0 Å². The van der Waals surface area contributed by atoms with Crippen LogP contribution >= 0.6 is 0 Å². The molecule has 0 spiro atoms. The van der Waals surface area contributed by atoms with E-state index in [-0.39, 0.29) is 17.7 Å². The number of benzene rings is 1. The van der Waals surface area contributed by atoms with Gasteiger partial charge in [0.1, 0.15) is 5.78 Å². The Morgan fingerprint density at radius 2 is 2.00 bits per heavy atom. The lowest BCUT2D eigenvalue weighted by Crippen LogP contribution is -2.31. The minimum Gasteiger partial charge on any atom is -0.342 e. The van der Waals surface area contributed by atoms with Gasteiger partial charge in [-0.3, -0.25) is 9.59 Å². The predicted molar refractivity (Wildman–Crippen MR) is 65.5 cm³/mol. The molecule has 1 aliphatic heterocycles. The van der Waals surface area contributed by atoms with Crippen molar-refractivity contribution < 1.29 is 9.59 Å². The molecule has 3 heteroatoms. The van der Waals surface area contributed by atoms with Crippen molar-refractivity contribution in [3.05, 3.63) is 35.9 Å². The van der Waals surface area contributed by atoms with Crippen LogP contribution in [0, 0.1) is 5.92 Å². The number of ketones is 1. The summed E-state index contributed by atoms with van der Waals surface area (Å²) in [6.07, 6.45) is 1.48. The smallest absolute Gasteiger partial charge is 0.233 e. The molecule has 1 unspecified atom stereocenters. The average molecular weight is 231 g/mol. The van der Waals surface area contributed by atoms with E-state index in [0.717, 1.165) is 6.42 Å². The Hall–Kier alpha value is -1.64. The fraction of sp³-hybridized carbons (Fsp3) is 0.429. The number of hydrogen-bond donors (Lipinski definition) is 0. The molecular weight excluding hydrogens is 214 g/mol. The number of amides is 1. The summed E-state index contributed by atoms with van der Waals surface area (Å²) in [6.45, 7) is 1.50. The minimum absolute atomic E-state index is 0.0163. The van der Waals surface area contributed by atoms with Crippen molar-refractivity contribution >= 4 is 11.7 Å². The number of likely N-dealkylation sites (tertiary alicyclic amines) is 1. The molecule has 1 saturated heterocycles. The number of carbonyl (C=O) groups excluding carboxylic acids is 2. The van der Waals surface area contributed by atoms with E-state index in [1.54, 1.807) is 11.9 Å². The maximum absolute atomic E-state index is 11.9. The maximum Gasteiger partial charge on any atom is 0.233 e. The van der Waals surface area contributed by atoms with Gasteiger partial charge in [-0.05, 0) is 25.3 Å². The first-order chi connectivity index (χ1) is 8.09. The summed E-state index contributed by atoms with van der Waals surface area (Å²) in [5.41, 5.74) is 1.21. The van der Waals surface area contributed by atoms with Gasteiger partial charge in [0.2, 0.25) is 5.91 Å². The van der Waals surface area contributed by atoms with E-state index in [9.17, 15) is 9.59 Å². The van der Waals surface area contributed by atoms with Crippen molar-refractivity contribution in [1.29, 1.82) is 0 Å². The van der Waals surface area contributed by atoms with E-state index < -0.39 is 5.92 Å². The number of nitrogens with zero attached hydrogens (tertiary/aromatic N) is 1. The molecular formula is C14H17NO2. The predicted octanol–water partition coefficient (Wildman–Crippen LogP) is 1.67. The summed E-state index contributed by atoms with van der Waals surface area (Å²) in [7, 11) is 1.79. The maximum atomic E-state index is 11.9.